The van der Waals surface area contributed by atoms with Crippen LogP contribution in [0.25, 0.3) is 10.7 Å². The van der Waals surface area contributed by atoms with Crippen molar-refractivity contribution in [3.63, 3.8) is 0 Å². The van der Waals surface area contributed by atoms with Crippen LogP contribution in [0, 0.1) is 0 Å². The smallest absolute Gasteiger partial charge is 0.226 e. The number of nitrogens with zero attached hydrogens (tertiary/aromatic N) is 3. The van der Waals surface area contributed by atoms with Crippen LogP contribution >= 0.6 is 23.7 Å². The third-order valence-electron chi connectivity index (χ3n) is 3.96. The molecule has 0 radical (unpaired) electrons. The number of aryl methyl sites for hydroxylation is 1. The normalized spacial score (nSPS) is 14.9. The number of halogens is 1. The van der Waals surface area contributed by atoms with E-state index in [0.717, 1.165) is 37.6 Å². The fourth-order valence-electron chi connectivity index (χ4n) is 2.64. The zero-order valence-electron chi connectivity index (χ0n) is 14.1. The molecule has 0 aliphatic carbocycles. The third-order valence-corrected chi connectivity index (χ3v) is 4.83. The van der Waals surface area contributed by atoms with Crippen LogP contribution in [0.15, 0.2) is 22.0 Å². The van der Waals surface area contributed by atoms with Gasteiger partial charge in [0.15, 0.2) is 0 Å². The lowest BCUT2D eigenvalue weighted by atomic mass is 10.2. The van der Waals surface area contributed by atoms with Crippen molar-refractivity contribution in [1.82, 2.24) is 25.7 Å². The van der Waals surface area contributed by atoms with Gasteiger partial charge in [-0.05, 0) is 17.9 Å². The van der Waals surface area contributed by atoms with Crippen molar-refractivity contribution < 1.29 is 9.32 Å². The van der Waals surface area contributed by atoms with Crippen molar-refractivity contribution in [2.75, 3.05) is 39.3 Å². The van der Waals surface area contributed by atoms with Crippen LogP contribution in [0.1, 0.15) is 18.7 Å². The summed E-state index contributed by atoms with van der Waals surface area (Å²) in [5.74, 6) is 1.30. The van der Waals surface area contributed by atoms with E-state index in [1.165, 1.54) is 0 Å². The molecule has 1 fully saturated rings. The number of rotatable bonds is 8. The second kappa shape index (κ2) is 10.5. The maximum atomic E-state index is 11.9. The molecule has 0 bridgehead atoms. The minimum absolute atomic E-state index is 0. The molecule has 1 saturated heterocycles. The third kappa shape index (κ3) is 6.39. The summed E-state index contributed by atoms with van der Waals surface area (Å²) in [7, 11) is 0. The molecule has 9 heteroatoms. The SMILES string of the molecule is Cl.O=C(CCCc1nc(-c2cccs2)no1)NCCN1CCNCC1. The zero-order chi connectivity index (χ0) is 16.6. The van der Waals surface area contributed by atoms with Gasteiger partial charge in [0.1, 0.15) is 0 Å². The molecule has 1 amide bonds. The Labute approximate surface area is 157 Å². The van der Waals surface area contributed by atoms with Gasteiger partial charge in [0.05, 0.1) is 4.88 Å². The fraction of sp³-hybridized carbons (Fsp3) is 0.562. The highest BCUT2D eigenvalue weighted by Crippen LogP contribution is 2.21. The molecular formula is C16H24ClN5O2S. The molecule has 1 aliphatic rings. The Balaban J connectivity index is 0.00000225. The number of aromatic nitrogens is 2. The standard InChI is InChI=1S/C16H23N5O2S.ClH/c22-14(18-8-11-21-9-6-17-7-10-21)4-1-5-15-19-16(20-23-15)13-3-2-12-24-13;/h2-3,12,17H,1,4-11H2,(H,18,22);1H. The van der Waals surface area contributed by atoms with Crippen LogP contribution in [-0.2, 0) is 11.2 Å². The topological polar surface area (TPSA) is 83.3 Å². The van der Waals surface area contributed by atoms with Gasteiger partial charge in [-0.1, -0.05) is 11.2 Å². The van der Waals surface area contributed by atoms with Gasteiger partial charge < -0.3 is 15.2 Å². The Kier molecular flexibility index (Phi) is 8.33. The summed E-state index contributed by atoms with van der Waals surface area (Å²) in [6.07, 6.45) is 1.83. The summed E-state index contributed by atoms with van der Waals surface area (Å²) >= 11 is 1.58. The predicted octanol–water partition coefficient (Wildman–Crippen LogP) is 1.56. The van der Waals surface area contributed by atoms with Gasteiger partial charge >= 0.3 is 0 Å². The summed E-state index contributed by atoms with van der Waals surface area (Å²) in [4.78, 5) is 19.6. The highest BCUT2D eigenvalue weighted by molar-refractivity contribution is 7.13. The van der Waals surface area contributed by atoms with Crippen LogP contribution < -0.4 is 10.6 Å². The number of nitrogens with one attached hydrogen (secondary N) is 2. The molecule has 2 N–H and O–H groups in total. The molecular weight excluding hydrogens is 362 g/mol. The average Bonchev–Trinajstić information content (AvgIpc) is 3.27. The molecule has 3 rings (SSSR count). The average molecular weight is 386 g/mol. The lowest BCUT2D eigenvalue weighted by Crippen LogP contribution is -2.46. The molecule has 0 saturated carbocycles. The van der Waals surface area contributed by atoms with Gasteiger partial charge in [0.25, 0.3) is 0 Å². The quantitative estimate of drug-likeness (QED) is 0.717. The Hall–Kier alpha value is -1.48. The molecule has 3 heterocycles. The predicted molar refractivity (Wildman–Crippen MR) is 100 cm³/mol. The molecule has 0 spiro atoms. The van der Waals surface area contributed by atoms with E-state index >= 15 is 0 Å². The molecule has 25 heavy (non-hydrogen) atoms. The van der Waals surface area contributed by atoms with Crippen LogP contribution in [0.5, 0.6) is 0 Å². The number of carbonyl (C=O) groups is 1. The summed E-state index contributed by atoms with van der Waals surface area (Å²) in [6.45, 7) is 5.81. The van der Waals surface area contributed by atoms with Gasteiger partial charge in [-0.25, -0.2) is 0 Å². The van der Waals surface area contributed by atoms with Crippen molar-refractivity contribution in [3.05, 3.63) is 23.4 Å². The number of hydrogen-bond donors (Lipinski definition) is 2. The molecule has 7 nitrogen and oxygen atoms in total. The van der Waals surface area contributed by atoms with Crippen LogP contribution in [0.2, 0.25) is 0 Å². The number of thiophene rings is 1. The van der Waals surface area contributed by atoms with Crippen molar-refractivity contribution in [2.24, 2.45) is 0 Å². The number of hydrogen-bond acceptors (Lipinski definition) is 7. The molecule has 2 aromatic heterocycles. The first kappa shape index (κ1) is 19.8. The lowest BCUT2D eigenvalue weighted by molar-refractivity contribution is -0.121. The van der Waals surface area contributed by atoms with Gasteiger partial charge in [0.2, 0.25) is 17.6 Å². The van der Waals surface area contributed by atoms with Gasteiger partial charge in [-0.2, -0.15) is 4.98 Å². The Morgan fingerprint density at radius 3 is 3.00 bits per heavy atom. The summed E-state index contributed by atoms with van der Waals surface area (Å²) < 4.78 is 5.23. The minimum Gasteiger partial charge on any atom is -0.355 e. The van der Waals surface area contributed by atoms with E-state index in [1.54, 1.807) is 11.3 Å². The molecule has 1 aliphatic heterocycles. The van der Waals surface area contributed by atoms with Crippen LogP contribution in [0.4, 0.5) is 0 Å². The minimum atomic E-state index is 0. The highest BCUT2D eigenvalue weighted by atomic mass is 35.5. The van der Waals surface area contributed by atoms with E-state index in [9.17, 15) is 4.79 Å². The summed E-state index contributed by atoms with van der Waals surface area (Å²) in [5, 5.41) is 12.3. The molecule has 0 aromatic carbocycles. The molecule has 0 unspecified atom stereocenters. The molecule has 138 valence electrons. The van der Waals surface area contributed by atoms with E-state index in [0.29, 0.717) is 37.5 Å². The first-order valence-electron chi connectivity index (χ1n) is 8.37. The first-order chi connectivity index (χ1) is 11.8. The summed E-state index contributed by atoms with van der Waals surface area (Å²) in [5.41, 5.74) is 0. The van der Waals surface area contributed by atoms with E-state index in [4.69, 9.17) is 4.52 Å². The maximum absolute atomic E-state index is 11.9. The van der Waals surface area contributed by atoms with Crippen molar-refractivity contribution in [2.45, 2.75) is 19.3 Å². The molecule has 0 atom stereocenters. The Bertz CT molecular complexity index is 628. The van der Waals surface area contributed by atoms with Crippen LogP contribution in [-0.4, -0.2) is 60.2 Å². The Morgan fingerprint density at radius 2 is 2.24 bits per heavy atom. The van der Waals surface area contributed by atoms with Crippen molar-refractivity contribution in [3.8, 4) is 10.7 Å². The largest absolute Gasteiger partial charge is 0.355 e. The highest BCUT2D eigenvalue weighted by Gasteiger charge is 2.11. The first-order valence-corrected chi connectivity index (χ1v) is 9.25. The van der Waals surface area contributed by atoms with E-state index in [1.807, 2.05) is 17.5 Å². The van der Waals surface area contributed by atoms with Gasteiger partial charge in [-0.3, -0.25) is 9.69 Å². The van der Waals surface area contributed by atoms with Crippen LogP contribution in [0.3, 0.4) is 0 Å². The zero-order valence-corrected chi connectivity index (χ0v) is 15.7. The van der Waals surface area contributed by atoms with Gasteiger partial charge in [0, 0.05) is 52.1 Å². The van der Waals surface area contributed by atoms with Crippen molar-refractivity contribution >= 4 is 29.7 Å². The second-order valence-electron chi connectivity index (χ2n) is 5.78. The van der Waals surface area contributed by atoms with Crippen molar-refractivity contribution in [1.29, 1.82) is 0 Å². The second-order valence-corrected chi connectivity index (χ2v) is 6.73. The number of carbonyl (C=O) groups excluding carboxylic acids is 1. The lowest BCUT2D eigenvalue weighted by Gasteiger charge is -2.27. The maximum Gasteiger partial charge on any atom is 0.226 e. The number of piperazine rings is 1. The van der Waals surface area contributed by atoms with E-state index in [-0.39, 0.29) is 18.3 Å². The van der Waals surface area contributed by atoms with E-state index in [2.05, 4.69) is 25.7 Å². The van der Waals surface area contributed by atoms with Gasteiger partial charge in [-0.15, -0.1) is 23.7 Å². The summed E-state index contributed by atoms with van der Waals surface area (Å²) in [6, 6.07) is 3.92. The molecule has 2 aromatic rings. The monoisotopic (exact) mass is 385 g/mol. The van der Waals surface area contributed by atoms with E-state index < -0.39 is 0 Å². The Morgan fingerprint density at radius 1 is 1.40 bits per heavy atom. The fourth-order valence-corrected chi connectivity index (χ4v) is 3.29. The number of amides is 1.